The number of fused-ring (bicyclic) bond motifs is 2. The molecule has 1 aliphatic rings. The van der Waals surface area contributed by atoms with Crippen molar-refractivity contribution in [2.45, 2.75) is 6.54 Å². The molecule has 3 aromatic carbocycles. The third kappa shape index (κ3) is 4.18. The Kier molecular flexibility index (Phi) is 6.47. The minimum Gasteiger partial charge on any atom is -0.496 e. The Morgan fingerprint density at radius 2 is 1.53 bits per heavy atom. The molecule has 0 bridgehead atoms. The van der Waals surface area contributed by atoms with E-state index in [1.165, 1.54) is 23.1 Å². The topological polar surface area (TPSA) is 90.0 Å². The van der Waals surface area contributed by atoms with Gasteiger partial charge in [-0.15, -0.1) is 0 Å². The summed E-state index contributed by atoms with van der Waals surface area (Å²) in [5.74, 6) is -1.46. The highest BCUT2D eigenvalue weighted by molar-refractivity contribution is 6.41. The summed E-state index contributed by atoms with van der Waals surface area (Å²) in [6, 6.07) is 16.4. The van der Waals surface area contributed by atoms with Crippen molar-refractivity contribution < 1.29 is 28.7 Å². The van der Waals surface area contributed by atoms with Gasteiger partial charge in [0, 0.05) is 35.8 Å². The van der Waals surface area contributed by atoms with Crippen LogP contribution in [0.15, 0.2) is 60.7 Å². The van der Waals surface area contributed by atoms with Gasteiger partial charge in [0.1, 0.15) is 5.75 Å². The van der Waals surface area contributed by atoms with Gasteiger partial charge in [-0.3, -0.25) is 14.4 Å². The number of carbonyl (C=O) groups excluding carboxylic acids is 4. The number of para-hydroxylation sites is 1. The van der Waals surface area contributed by atoms with E-state index in [1.54, 1.807) is 38.4 Å². The van der Waals surface area contributed by atoms with Crippen molar-refractivity contribution in [3.05, 3.63) is 99.1 Å². The Balaban J connectivity index is 1.48. The maximum absolute atomic E-state index is 13.0. The summed E-state index contributed by atoms with van der Waals surface area (Å²) in [6.45, 7) is -0.260. The average molecular weight is 478 g/mol. The van der Waals surface area contributed by atoms with E-state index < -0.39 is 24.3 Å². The van der Waals surface area contributed by atoms with Crippen LogP contribution in [0.5, 0.6) is 5.75 Å². The van der Waals surface area contributed by atoms with Crippen molar-refractivity contribution in [1.29, 1.82) is 0 Å². The Hall–Kier alpha value is -3.97. The van der Waals surface area contributed by atoms with Crippen molar-refractivity contribution >= 4 is 35.0 Å². The molecule has 1 amide bonds. The normalized spacial score (nSPS) is 12.0. The quantitative estimate of drug-likeness (QED) is 0.391. The van der Waals surface area contributed by atoms with E-state index in [2.05, 4.69) is 0 Å². The van der Waals surface area contributed by atoms with Gasteiger partial charge in [-0.2, -0.15) is 0 Å². The largest absolute Gasteiger partial charge is 0.496 e. The number of ketones is 2. The summed E-state index contributed by atoms with van der Waals surface area (Å²) in [7, 11) is 3.12. The summed E-state index contributed by atoms with van der Waals surface area (Å²) in [4.78, 5) is 52.3. The molecule has 4 rings (SSSR count). The molecule has 3 aromatic rings. The van der Waals surface area contributed by atoms with Gasteiger partial charge < -0.3 is 14.4 Å². The number of hydrogen-bond donors (Lipinski definition) is 0. The predicted octanol–water partition coefficient (Wildman–Crippen LogP) is 3.94. The fourth-order valence-electron chi connectivity index (χ4n) is 3.80. The predicted molar refractivity (Wildman–Crippen MR) is 125 cm³/mol. The molecule has 0 aromatic heterocycles. The van der Waals surface area contributed by atoms with Gasteiger partial charge in [-0.25, -0.2) is 4.79 Å². The summed E-state index contributed by atoms with van der Waals surface area (Å²) in [6.07, 6.45) is 0. The summed E-state index contributed by atoms with van der Waals surface area (Å²) < 4.78 is 10.5. The molecule has 0 radical (unpaired) electrons. The van der Waals surface area contributed by atoms with Gasteiger partial charge in [0.25, 0.3) is 5.91 Å². The average Bonchev–Trinajstić information content (AvgIpc) is 2.85. The maximum atomic E-state index is 13.0. The first kappa shape index (κ1) is 23.2. The van der Waals surface area contributed by atoms with Gasteiger partial charge in [0.05, 0.1) is 23.3 Å². The lowest BCUT2D eigenvalue weighted by Gasteiger charge is -2.20. The van der Waals surface area contributed by atoms with Crippen LogP contribution in [0.3, 0.4) is 0 Å². The van der Waals surface area contributed by atoms with Gasteiger partial charge in [-0.05, 0) is 18.2 Å². The van der Waals surface area contributed by atoms with Gasteiger partial charge >= 0.3 is 5.97 Å². The molecule has 8 heteroatoms. The molecule has 34 heavy (non-hydrogen) atoms. The lowest BCUT2D eigenvalue weighted by Crippen LogP contribution is -2.31. The zero-order valence-corrected chi connectivity index (χ0v) is 19.2. The van der Waals surface area contributed by atoms with Crippen molar-refractivity contribution in [1.82, 2.24) is 4.90 Å². The standard InChI is InChI=1S/C26H20ClNO6/c1-28(13-15-7-3-6-10-20(15)33-2)21(29)14-34-26(32)19-12-11-18-22(23(19)27)25(31)17-9-5-4-8-16(17)24(18)30/h3-12H,13-14H2,1-2H3. The number of hydrogen-bond acceptors (Lipinski definition) is 6. The number of amides is 1. The smallest absolute Gasteiger partial charge is 0.340 e. The first-order valence-electron chi connectivity index (χ1n) is 10.4. The van der Waals surface area contributed by atoms with Gasteiger partial charge in [0.2, 0.25) is 0 Å². The Bertz CT molecular complexity index is 1330. The molecule has 0 atom stereocenters. The number of rotatable bonds is 6. The van der Waals surface area contributed by atoms with Crippen LogP contribution < -0.4 is 4.74 Å². The van der Waals surface area contributed by atoms with E-state index in [0.717, 1.165) is 5.56 Å². The van der Waals surface area contributed by atoms with Crippen LogP contribution in [0.4, 0.5) is 0 Å². The Labute approximate surface area is 200 Å². The van der Waals surface area contributed by atoms with Crippen molar-refractivity contribution in [3.8, 4) is 5.75 Å². The number of benzene rings is 3. The van der Waals surface area contributed by atoms with Crippen LogP contribution in [0.1, 0.15) is 47.8 Å². The highest BCUT2D eigenvalue weighted by Crippen LogP contribution is 2.34. The number of carbonyl (C=O) groups is 4. The monoisotopic (exact) mass is 477 g/mol. The van der Waals surface area contributed by atoms with E-state index in [1.807, 2.05) is 18.2 Å². The highest BCUT2D eigenvalue weighted by atomic mass is 35.5. The van der Waals surface area contributed by atoms with E-state index in [4.69, 9.17) is 21.1 Å². The third-order valence-corrected chi connectivity index (χ3v) is 5.99. The number of likely N-dealkylation sites (N-methyl/N-ethyl adjacent to an activating group) is 1. The zero-order valence-electron chi connectivity index (χ0n) is 18.5. The van der Waals surface area contributed by atoms with Crippen LogP contribution in [0.25, 0.3) is 0 Å². The molecular formula is C26H20ClNO6. The highest BCUT2D eigenvalue weighted by Gasteiger charge is 2.33. The van der Waals surface area contributed by atoms with E-state index in [-0.39, 0.29) is 45.2 Å². The minimum absolute atomic E-state index is 0.0422. The maximum Gasteiger partial charge on any atom is 0.340 e. The van der Waals surface area contributed by atoms with Gasteiger partial charge in [0.15, 0.2) is 18.2 Å². The number of ether oxygens (including phenoxy) is 2. The third-order valence-electron chi connectivity index (χ3n) is 5.60. The molecule has 172 valence electrons. The van der Waals surface area contributed by atoms with Crippen LogP contribution >= 0.6 is 11.6 Å². The van der Waals surface area contributed by atoms with Crippen molar-refractivity contribution in [2.24, 2.45) is 0 Å². The molecule has 0 fully saturated rings. The van der Waals surface area contributed by atoms with Crippen LogP contribution in [-0.2, 0) is 16.1 Å². The second-order valence-corrected chi connectivity index (χ2v) is 8.07. The second kappa shape index (κ2) is 9.49. The lowest BCUT2D eigenvalue weighted by molar-refractivity contribution is -0.133. The fraction of sp³-hybridized carbons (Fsp3) is 0.154. The Morgan fingerprint density at radius 3 is 2.24 bits per heavy atom. The van der Waals surface area contributed by atoms with Crippen LogP contribution in [0, 0.1) is 0 Å². The van der Waals surface area contributed by atoms with Crippen LogP contribution in [-0.4, -0.2) is 49.1 Å². The van der Waals surface area contributed by atoms with E-state index >= 15 is 0 Å². The second-order valence-electron chi connectivity index (χ2n) is 7.69. The number of methoxy groups -OCH3 is 1. The van der Waals surface area contributed by atoms with E-state index in [0.29, 0.717) is 5.75 Å². The molecule has 0 aliphatic heterocycles. The molecule has 0 saturated carbocycles. The number of nitrogens with zero attached hydrogens (tertiary/aromatic N) is 1. The van der Waals surface area contributed by atoms with E-state index in [9.17, 15) is 19.2 Å². The Morgan fingerprint density at radius 1 is 0.882 bits per heavy atom. The van der Waals surface area contributed by atoms with Gasteiger partial charge in [-0.1, -0.05) is 54.1 Å². The summed E-state index contributed by atoms with van der Waals surface area (Å²) in [5, 5.41) is -0.176. The zero-order chi connectivity index (χ0) is 24.4. The first-order chi connectivity index (χ1) is 16.3. The molecule has 0 unspecified atom stereocenters. The molecule has 0 saturated heterocycles. The molecule has 0 heterocycles. The first-order valence-corrected chi connectivity index (χ1v) is 10.7. The SMILES string of the molecule is COc1ccccc1CN(C)C(=O)COC(=O)c1ccc2c(c1Cl)C(=O)c1ccccc1C2=O. The molecule has 1 aliphatic carbocycles. The lowest BCUT2D eigenvalue weighted by atomic mass is 9.83. The van der Waals surface area contributed by atoms with Crippen LogP contribution in [0.2, 0.25) is 5.02 Å². The number of halogens is 1. The van der Waals surface area contributed by atoms with Crippen molar-refractivity contribution in [2.75, 3.05) is 20.8 Å². The molecule has 7 nitrogen and oxygen atoms in total. The fourth-order valence-corrected chi connectivity index (χ4v) is 4.12. The molecular weight excluding hydrogens is 458 g/mol. The minimum atomic E-state index is -0.869. The summed E-state index contributed by atoms with van der Waals surface area (Å²) >= 11 is 6.38. The molecule has 0 N–H and O–H groups in total. The van der Waals surface area contributed by atoms with Crippen molar-refractivity contribution in [3.63, 3.8) is 0 Å². The number of esters is 1. The molecule has 0 spiro atoms. The summed E-state index contributed by atoms with van der Waals surface area (Å²) in [5.41, 5.74) is 1.29.